The highest BCUT2D eigenvalue weighted by atomic mass is 32.2. The van der Waals surface area contributed by atoms with Crippen LogP contribution in [0.15, 0.2) is 53.4 Å². The Bertz CT molecular complexity index is 911. The third kappa shape index (κ3) is 3.73. The van der Waals surface area contributed by atoms with Crippen molar-refractivity contribution in [3.8, 4) is 6.07 Å². The van der Waals surface area contributed by atoms with Gasteiger partial charge in [-0.15, -0.1) is 0 Å². The Balaban J connectivity index is 1.78. The lowest BCUT2D eigenvalue weighted by atomic mass is 10.2. The van der Waals surface area contributed by atoms with E-state index < -0.39 is 10.0 Å². The largest absolute Gasteiger partial charge is 0.349 e. The van der Waals surface area contributed by atoms with Gasteiger partial charge in [-0.05, 0) is 55.3 Å². The molecule has 0 saturated heterocycles. The smallest absolute Gasteiger partial charge is 0.261 e. The first kappa shape index (κ1) is 16.0. The van der Waals surface area contributed by atoms with Gasteiger partial charge in [0, 0.05) is 17.3 Å². The summed E-state index contributed by atoms with van der Waals surface area (Å²) < 4.78 is 27.2. The van der Waals surface area contributed by atoms with Gasteiger partial charge in [0.1, 0.15) is 0 Å². The number of anilines is 1. The summed E-state index contributed by atoms with van der Waals surface area (Å²) in [5.74, 6) is -0.211. The molecule has 24 heavy (non-hydrogen) atoms. The van der Waals surface area contributed by atoms with Crippen LogP contribution in [-0.4, -0.2) is 20.4 Å². The van der Waals surface area contributed by atoms with Gasteiger partial charge in [-0.3, -0.25) is 9.52 Å². The lowest BCUT2D eigenvalue weighted by Gasteiger charge is -2.10. The molecule has 2 aromatic carbocycles. The molecule has 0 spiro atoms. The number of benzene rings is 2. The van der Waals surface area contributed by atoms with E-state index in [0.29, 0.717) is 16.8 Å². The monoisotopic (exact) mass is 341 g/mol. The molecule has 0 atom stereocenters. The number of hydrogen-bond donors (Lipinski definition) is 2. The van der Waals surface area contributed by atoms with Crippen molar-refractivity contribution in [2.75, 3.05) is 4.72 Å². The molecule has 2 aromatic rings. The van der Waals surface area contributed by atoms with Crippen molar-refractivity contribution < 1.29 is 13.2 Å². The van der Waals surface area contributed by atoms with E-state index in [1.165, 1.54) is 30.3 Å². The Morgan fingerprint density at radius 2 is 1.83 bits per heavy atom. The first-order valence-corrected chi connectivity index (χ1v) is 8.90. The number of carbonyl (C=O) groups is 1. The second-order valence-corrected chi connectivity index (χ2v) is 7.25. The molecule has 1 fully saturated rings. The van der Waals surface area contributed by atoms with Crippen molar-refractivity contribution in [1.29, 1.82) is 5.26 Å². The molecule has 0 radical (unpaired) electrons. The zero-order valence-corrected chi connectivity index (χ0v) is 13.5. The molecular weight excluding hydrogens is 326 g/mol. The highest BCUT2D eigenvalue weighted by Gasteiger charge is 2.24. The molecule has 1 amide bonds. The maximum Gasteiger partial charge on any atom is 0.261 e. The average Bonchev–Trinajstić information content (AvgIpc) is 3.38. The Kier molecular flexibility index (Phi) is 4.23. The van der Waals surface area contributed by atoms with Gasteiger partial charge in [-0.2, -0.15) is 5.26 Å². The van der Waals surface area contributed by atoms with Crippen molar-refractivity contribution in [2.24, 2.45) is 0 Å². The molecule has 1 aliphatic rings. The third-order valence-corrected chi connectivity index (χ3v) is 4.98. The fraction of sp³-hybridized carbons (Fsp3) is 0.176. The van der Waals surface area contributed by atoms with Crippen molar-refractivity contribution in [2.45, 2.75) is 23.8 Å². The standard InChI is InChI=1S/C17H15N3O3S/c18-11-12-4-8-16(9-5-12)24(22,23)20-15-3-1-2-13(10-15)17(21)19-14-6-7-14/h1-5,8-10,14,20H,6-7H2,(H,19,21). The first-order chi connectivity index (χ1) is 11.5. The predicted octanol–water partition coefficient (Wildman–Crippen LogP) is 2.25. The SMILES string of the molecule is N#Cc1ccc(S(=O)(=O)Nc2cccc(C(=O)NC3CC3)c2)cc1. The van der Waals surface area contributed by atoms with E-state index in [1.807, 2.05) is 6.07 Å². The molecule has 3 rings (SSSR count). The van der Waals surface area contributed by atoms with Crippen LogP contribution >= 0.6 is 0 Å². The van der Waals surface area contributed by atoms with Gasteiger partial charge >= 0.3 is 0 Å². The highest BCUT2D eigenvalue weighted by molar-refractivity contribution is 7.92. The number of carbonyl (C=O) groups excluding carboxylic acids is 1. The van der Waals surface area contributed by atoms with E-state index in [2.05, 4.69) is 10.0 Å². The number of sulfonamides is 1. The van der Waals surface area contributed by atoms with Crippen molar-refractivity contribution in [3.63, 3.8) is 0 Å². The molecule has 0 bridgehead atoms. The molecule has 6 nitrogen and oxygen atoms in total. The van der Waals surface area contributed by atoms with E-state index in [9.17, 15) is 13.2 Å². The fourth-order valence-corrected chi connectivity index (χ4v) is 3.19. The second-order valence-electron chi connectivity index (χ2n) is 5.57. The zero-order valence-electron chi connectivity index (χ0n) is 12.7. The van der Waals surface area contributed by atoms with Gasteiger partial charge in [-0.1, -0.05) is 6.07 Å². The molecule has 0 aliphatic heterocycles. The summed E-state index contributed by atoms with van der Waals surface area (Å²) in [6.45, 7) is 0. The molecule has 7 heteroatoms. The first-order valence-electron chi connectivity index (χ1n) is 7.42. The van der Waals surface area contributed by atoms with Gasteiger partial charge in [-0.25, -0.2) is 8.42 Å². The number of nitrogens with one attached hydrogen (secondary N) is 2. The highest BCUT2D eigenvalue weighted by Crippen LogP contribution is 2.21. The molecule has 2 N–H and O–H groups in total. The molecule has 122 valence electrons. The van der Waals surface area contributed by atoms with Crippen LogP contribution in [0.5, 0.6) is 0 Å². The quantitative estimate of drug-likeness (QED) is 0.871. The lowest BCUT2D eigenvalue weighted by Crippen LogP contribution is -2.25. The Hall–Kier alpha value is -2.85. The lowest BCUT2D eigenvalue weighted by molar-refractivity contribution is 0.0951. The molecular formula is C17H15N3O3S. The number of rotatable bonds is 5. The molecule has 0 heterocycles. The van der Waals surface area contributed by atoms with Gasteiger partial charge in [0.05, 0.1) is 16.5 Å². The van der Waals surface area contributed by atoms with Gasteiger partial charge in [0.2, 0.25) is 0 Å². The molecule has 1 saturated carbocycles. The molecule has 0 unspecified atom stereocenters. The minimum atomic E-state index is -3.78. The Morgan fingerprint density at radius 1 is 1.12 bits per heavy atom. The van der Waals surface area contributed by atoms with E-state index in [0.717, 1.165) is 12.8 Å². The van der Waals surface area contributed by atoms with Crippen LogP contribution in [0, 0.1) is 11.3 Å². The van der Waals surface area contributed by atoms with E-state index in [1.54, 1.807) is 18.2 Å². The summed E-state index contributed by atoms with van der Waals surface area (Å²) >= 11 is 0. The van der Waals surface area contributed by atoms with Gasteiger partial charge in [0.15, 0.2) is 0 Å². The number of hydrogen-bond acceptors (Lipinski definition) is 4. The van der Waals surface area contributed by atoms with Crippen molar-refractivity contribution in [1.82, 2.24) is 5.32 Å². The van der Waals surface area contributed by atoms with Crippen LogP contribution < -0.4 is 10.0 Å². The van der Waals surface area contributed by atoms with Crippen LogP contribution in [0.25, 0.3) is 0 Å². The number of nitrogens with zero attached hydrogens (tertiary/aromatic N) is 1. The summed E-state index contributed by atoms with van der Waals surface area (Å²) in [5.41, 5.74) is 1.09. The van der Waals surface area contributed by atoms with Crippen LogP contribution in [0.2, 0.25) is 0 Å². The van der Waals surface area contributed by atoms with E-state index in [-0.39, 0.29) is 16.8 Å². The van der Waals surface area contributed by atoms with Gasteiger partial charge < -0.3 is 5.32 Å². The van der Waals surface area contributed by atoms with Crippen LogP contribution in [-0.2, 0) is 10.0 Å². The van der Waals surface area contributed by atoms with Crippen molar-refractivity contribution >= 4 is 21.6 Å². The van der Waals surface area contributed by atoms with Crippen LogP contribution in [0.4, 0.5) is 5.69 Å². The summed E-state index contributed by atoms with van der Waals surface area (Å²) in [4.78, 5) is 12.1. The summed E-state index contributed by atoms with van der Waals surface area (Å²) in [6, 6.07) is 14.1. The predicted molar refractivity (Wildman–Crippen MR) is 88.9 cm³/mol. The molecule has 1 aliphatic carbocycles. The minimum Gasteiger partial charge on any atom is -0.349 e. The van der Waals surface area contributed by atoms with Crippen LogP contribution in [0.3, 0.4) is 0 Å². The van der Waals surface area contributed by atoms with E-state index >= 15 is 0 Å². The summed E-state index contributed by atoms with van der Waals surface area (Å²) in [5, 5.41) is 11.6. The second kappa shape index (κ2) is 6.34. The summed E-state index contributed by atoms with van der Waals surface area (Å²) in [7, 11) is -3.78. The fourth-order valence-electron chi connectivity index (χ4n) is 2.14. The number of nitriles is 1. The Morgan fingerprint density at radius 3 is 2.46 bits per heavy atom. The summed E-state index contributed by atoms with van der Waals surface area (Å²) in [6.07, 6.45) is 1.97. The molecule has 0 aromatic heterocycles. The third-order valence-electron chi connectivity index (χ3n) is 3.58. The maximum absolute atomic E-state index is 12.4. The average molecular weight is 341 g/mol. The zero-order chi connectivity index (χ0) is 17.2. The minimum absolute atomic E-state index is 0.0503. The van der Waals surface area contributed by atoms with Crippen LogP contribution in [0.1, 0.15) is 28.8 Å². The normalized spacial score (nSPS) is 13.8. The topological polar surface area (TPSA) is 99.1 Å². The van der Waals surface area contributed by atoms with Crippen molar-refractivity contribution in [3.05, 3.63) is 59.7 Å². The Labute approximate surface area is 140 Å². The van der Waals surface area contributed by atoms with E-state index in [4.69, 9.17) is 5.26 Å². The van der Waals surface area contributed by atoms with Gasteiger partial charge in [0.25, 0.3) is 15.9 Å². The maximum atomic E-state index is 12.4. The number of amides is 1.